The summed E-state index contributed by atoms with van der Waals surface area (Å²) in [6, 6.07) is 2.18. The molecule has 0 amide bonds. The Morgan fingerprint density at radius 1 is 1.53 bits per heavy atom. The molecule has 6 nitrogen and oxygen atoms in total. The molecule has 0 aromatic carbocycles. The lowest BCUT2D eigenvalue weighted by Gasteiger charge is -2.27. The van der Waals surface area contributed by atoms with E-state index in [0.29, 0.717) is 31.6 Å². The number of aromatic amines is 1. The molecule has 1 aromatic heterocycles. The van der Waals surface area contributed by atoms with Crippen molar-refractivity contribution in [2.45, 2.75) is 24.7 Å². The molecule has 0 atom stereocenters. The number of piperidine rings is 1. The van der Waals surface area contributed by atoms with E-state index in [-0.39, 0.29) is 10.8 Å². The van der Waals surface area contributed by atoms with E-state index in [9.17, 15) is 8.42 Å². The number of H-pyrrole nitrogens is 1. The van der Waals surface area contributed by atoms with Crippen LogP contribution in [0.2, 0.25) is 0 Å². The summed E-state index contributed by atoms with van der Waals surface area (Å²) in [5.41, 5.74) is 0.549. The average Bonchev–Trinajstić information content (AvgIpc) is 2.76. The van der Waals surface area contributed by atoms with E-state index in [2.05, 4.69) is 16.3 Å². The van der Waals surface area contributed by atoms with Gasteiger partial charge in [-0.05, 0) is 19.8 Å². The van der Waals surface area contributed by atoms with E-state index in [4.69, 9.17) is 5.26 Å². The highest BCUT2D eigenvalue weighted by Crippen LogP contribution is 2.24. The first-order valence-electron chi connectivity index (χ1n) is 5.45. The van der Waals surface area contributed by atoms with E-state index in [1.807, 2.05) is 0 Å². The maximum absolute atomic E-state index is 12.2. The highest BCUT2D eigenvalue weighted by atomic mass is 32.2. The lowest BCUT2D eigenvalue weighted by atomic mass is 10.0. The van der Waals surface area contributed by atoms with Crippen molar-refractivity contribution in [3.05, 3.63) is 11.9 Å². The molecule has 17 heavy (non-hydrogen) atoms. The third kappa shape index (κ3) is 2.18. The Labute approximate surface area is 100 Å². The van der Waals surface area contributed by atoms with Gasteiger partial charge in [-0.25, -0.2) is 8.42 Å². The summed E-state index contributed by atoms with van der Waals surface area (Å²) >= 11 is 0. The zero-order valence-electron chi connectivity index (χ0n) is 9.55. The lowest BCUT2D eigenvalue weighted by Crippen LogP contribution is -2.38. The average molecular weight is 254 g/mol. The van der Waals surface area contributed by atoms with Gasteiger partial charge in [-0.15, -0.1) is 0 Å². The molecule has 1 aliphatic rings. The predicted molar refractivity (Wildman–Crippen MR) is 60.4 cm³/mol. The molecule has 1 saturated heterocycles. The van der Waals surface area contributed by atoms with Crippen LogP contribution >= 0.6 is 0 Å². The highest BCUT2D eigenvalue weighted by molar-refractivity contribution is 7.89. The molecule has 0 radical (unpaired) electrons. The van der Waals surface area contributed by atoms with Crippen molar-refractivity contribution in [2.75, 3.05) is 13.1 Å². The molecule has 2 rings (SSSR count). The normalized spacial score (nSPS) is 19.1. The molecule has 0 bridgehead atoms. The monoisotopic (exact) mass is 254 g/mol. The zero-order valence-corrected chi connectivity index (χ0v) is 10.4. The number of hydrogen-bond donors (Lipinski definition) is 1. The Morgan fingerprint density at radius 3 is 2.65 bits per heavy atom. The first kappa shape index (κ1) is 12.1. The molecule has 0 aliphatic carbocycles. The summed E-state index contributed by atoms with van der Waals surface area (Å²) in [6.07, 6.45) is 2.54. The van der Waals surface area contributed by atoms with Gasteiger partial charge in [0, 0.05) is 19.0 Å². The second kappa shape index (κ2) is 4.47. The van der Waals surface area contributed by atoms with Crippen LogP contribution in [0, 0.1) is 24.2 Å². The van der Waals surface area contributed by atoms with Crippen molar-refractivity contribution >= 4 is 10.0 Å². The van der Waals surface area contributed by atoms with E-state index < -0.39 is 10.0 Å². The van der Waals surface area contributed by atoms with Crippen molar-refractivity contribution in [2.24, 2.45) is 5.92 Å². The topological polar surface area (TPSA) is 89.8 Å². The molecule has 0 saturated carbocycles. The summed E-state index contributed by atoms with van der Waals surface area (Å²) in [4.78, 5) is 0.230. The molecule has 1 aliphatic heterocycles. The smallest absolute Gasteiger partial charge is 0.246 e. The third-order valence-electron chi connectivity index (χ3n) is 3.04. The number of nitrogens with zero attached hydrogens (tertiary/aromatic N) is 3. The van der Waals surface area contributed by atoms with Crippen LogP contribution in [0.15, 0.2) is 11.1 Å². The largest absolute Gasteiger partial charge is 0.281 e. The van der Waals surface area contributed by atoms with Crippen LogP contribution in [-0.4, -0.2) is 36.0 Å². The number of rotatable bonds is 2. The molecule has 2 heterocycles. The maximum Gasteiger partial charge on any atom is 0.246 e. The molecule has 1 N–H and O–H groups in total. The van der Waals surface area contributed by atoms with Crippen molar-refractivity contribution < 1.29 is 8.42 Å². The molecular weight excluding hydrogens is 240 g/mol. The first-order valence-corrected chi connectivity index (χ1v) is 6.89. The van der Waals surface area contributed by atoms with E-state index in [1.165, 1.54) is 10.5 Å². The van der Waals surface area contributed by atoms with Crippen LogP contribution in [0.25, 0.3) is 0 Å². The van der Waals surface area contributed by atoms with E-state index >= 15 is 0 Å². The standard InChI is InChI=1S/C10H14N4O2S/c1-8-10(7-12-13-8)17(15,16)14-4-2-9(6-11)3-5-14/h7,9H,2-5H2,1H3,(H,12,13). The maximum atomic E-state index is 12.2. The van der Waals surface area contributed by atoms with Crippen LogP contribution in [0.5, 0.6) is 0 Å². The first-order chi connectivity index (χ1) is 8.05. The van der Waals surface area contributed by atoms with Crippen LogP contribution in [-0.2, 0) is 10.0 Å². The van der Waals surface area contributed by atoms with Gasteiger partial charge in [0.25, 0.3) is 0 Å². The minimum atomic E-state index is -3.45. The Bertz CT molecular complexity index is 535. The zero-order chi connectivity index (χ0) is 12.5. The van der Waals surface area contributed by atoms with Crippen LogP contribution < -0.4 is 0 Å². The number of aryl methyl sites for hydroxylation is 1. The SMILES string of the molecule is Cc1[nH]ncc1S(=O)(=O)N1CCC(C#N)CC1. The number of aromatic nitrogens is 2. The van der Waals surface area contributed by atoms with Gasteiger partial charge in [-0.3, -0.25) is 5.10 Å². The fourth-order valence-corrected chi connectivity index (χ4v) is 3.55. The highest BCUT2D eigenvalue weighted by Gasteiger charge is 2.31. The van der Waals surface area contributed by atoms with Crippen molar-refractivity contribution in [1.29, 1.82) is 5.26 Å². The van der Waals surface area contributed by atoms with Gasteiger partial charge in [0.15, 0.2) is 0 Å². The Hall–Kier alpha value is -1.39. The Balaban J connectivity index is 2.19. The van der Waals surface area contributed by atoms with E-state index in [1.54, 1.807) is 6.92 Å². The summed E-state index contributed by atoms with van der Waals surface area (Å²) in [6.45, 7) is 2.50. The van der Waals surface area contributed by atoms with Crippen molar-refractivity contribution in [3.8, 4) is 6.07 Å². The van der Waals surface area contributed by atoms with Gasteiger partial charge in [0.2, 0.25) is 10.0 Å². The minimum absolute atomic E-state index is 0.0214. The van der Waals surface area contributed by atoms with Crippen LogP contribution in [0.3, 0.4) is 0 Å². The molecule has 1 aromatic rings. The van der Waals surface area contributed by atoms with Crippen molar-refractivity contribution in [1.82, 2.24) is 14.5 Å². The predicted octanol–water partition coefficient (Wildman–Crippen LogP) is 0.642. The van der Waals surface area contributed by atoms with E-state index in [0.717, 1.165) is 0 Å². The third-order valence-corrected chi connectivity index (χ3v) is 5.05. The van der Waals surface area contributed by atoms with Gasteiger partial charge in [-0.2, -0.15) is 14.7 Å². The Morgan fingerprint density at radius 2 is 2.18 bits per heavy atom. The fraction of sp³-hybridized carbons (Fsp3) is 0.600. The minimum Gasteiger partial charge on any atom is -0.281 e. The molecular formula is C10H14N4O2S. The van der Waals surface area contributed by atoms with Gasteiger partial charge in [0.1, 0.15) is 4.90 Å². The fourth-order valence-electron chi connectivity index (χ4n) is 1.96. The molecule has 1 fully saturated rings. The second-order valence-electron chi connectivity index (χ2n) is 4.17. The lowest BCUT2D eigenvalue weighted by molar-refractivity contribution is 0.310. The van der Waals surface area contributed by atoms with Gasteiger partial charge in [0.05, 0.1) is 18.0 Å². The summed E-state index contributed by atoms with van der Waals surface area (Å²) in [7, 11) is -3.45. The number of nitriles is 1. The quantitative estimate of drug-likeness (QED) is 0.838. The Kier molecular flexibility index (Phi) is 3.17. The van der Waals surface area contributed by atoms with Crippen LogP contribution in [0.1, 0.15) is 18.5 Å². The number of hydrogen-bond acceptors (Lipinski definition) is 4. The number of sulfonamides is 1. The summed E-state index contributed by atoms with van der Waals surface area (Å²) < 4.78 is 25.9. The molecule has 7 heteroatoms. The second-order valence-corrected chi connectivity index (χ2v) is 6.07. The molecule has 92 valence electrons. The van der Waals surface area contributed by atoms with Crippen molar-refractivity contribution in [3.63, 3.8) is 0 Å². The van der Waals surface area contributed by atoms with Gasteiger partial charge < -0.3 is 0 Å². The number of nitrogens with one attached hydrogen (secondary N) is 1. The van der Waals surface area contributed by atoms with Gasteiger partial charge >= 0.3 is 0 Å². The molecule has 0 unspecified atom stereocenters. The van der Waals surface area contributed by atoms with Gasteiger partial charge in [-0.1, -0.05) is 0 Å². The summed E-state index contributed by atoms with van der Waals surface area (Å²) in [5, 5.41) is 15.1. The van der Waals surface area contributed by atoms with Crippen LogP contribution in [0.4, 0.5) is 0 Å². The summed E-state index contributed by atoms with van der Waals surface area (Å²) in [5.74, 6) is -0.0214. The molecule has 0 spiro atoms.